The summed E-state index contributed by atoms with van der Waals surface area (Å²) in [4.78, 5) is 14.9. The summed E-state index contributed by atoms with van der Waals surface area (Å²) in [6.45, 7) is 2.33. The number of nitrogens with two attached hydrogens (primary N) is 1. The fraction of sp³-hybridized carbons (Fsp3) is 0.286. The van der Waals surface area contributed by atoms with Crippen LogP contribution in [0.2, 0.25) is 0 Å². The summed E-state index contributed by atoms with van der Waals surface area (Å²) >= 11 is 0. The van der Waals surface area contributed by atoms with E-state index < -0.39 is 17.7 Å². The molecule has 28 heavy (non-hydrogen) atoms. The lowest BCUT2D eigenvalue weighted by atomic mass is 9.96. The quantitative estimate of drug-likeness (QED) is 0.510. The van der Waals surface area contributed by atoms with Gasteiger partial charge in [-0.2, -0.15) is 13.2 Å². The summed E-state index contributed by atoms with van der Waals surface area (Å²) in [6.07, 6.45) is -2.48. The Balaban J connectivity index is 2.27. The molecule has 148 valence electrons. The number of halogens is 3. The number of carboxylic acid groups (broad SMARTS) is 1. The van der Waals surface area contributed by atoms with Crippen molar-refractivity contribution in [2.75, 3.05) is 6.54 Å². The monoisotopic (exact) mass is 390 g/mol. The number of aromatic nitrogens is 1. The molecule has 4 N–H and O–H groups in total. The van der Waals surface area contributed by atoms with Gasteiger partial charge in [0, 0.05) is 16.6 Å². The molecule has 0 saturated heterocycles. The number of aromatic carboxylic acids is 1. The highest BCUT2D eigenvalue weighted by atomic mass is 19.4. The van der Waals surface area contributed by atoms with Crippen molar-refractivity contribution in [3.63, 3.8) is 0 Å². The highest BCUT2D eigenvalue weighted by Crippen LogP contribution is 2.37. The summed E-state index contributed by atoms with van der Waals surface area (Å²) in [7, 11) is 0. The first kappa shape index (κ1) is 19.9. The molecule has 0 amide bonds. The van der Waals surface area contributed by atoms with Gasteiger partial charge in [0.25, 0.3) is 0 Å². The van der Waals surface area contributed by atoms with Crippen molar-refractivity contribution in [3.05, 3.63) is 58.7 Å². The zero-order valence-corrected chi connectivity index (χ0v) is 15.4. The molecular weight excluding hydrogens is 369 g/mol. The molecule has 0 aliphatic rings. The number of rotatable bonds is 6. The molecule has 0 aliphatic heterocycles. The fourth-order valence-corrected chi connectivity index (χ4v) is 3.48. The Bertz CT molecular complexity index is 1020. The average Bonchev–Trinajstić information content (AvgIpc) is 3.02. The number of nitrogens with one attached hydrogen (secondary N) is 1. The zero-order chi connectivity index (χ0) is 20.5. The lowest BCUT2D eigenvalue weighted by Crippen LogP contribution is -2.05. The molecule has 0 bridgehead atoms. The minimum atomic E-state index is -4.45. The number of unbranched alkanes of at least 4 members (excludes halogenated alkanes) is 1. The largest absolute Gasteiger partial charge is 0.478 e. The molecule has 0 saturated carbocycles. The fourth-order valence-electron chi connectivity index (χ4n) is 3.48. The minimum Gasteiger partial charge on any atom is -0.478 e. The molecule has 7 heteroatoms. The van der Waals surface area contributed by atoms with Crippen LogP contribution in [0.4, 0.5) is 13.2 Å². The Kier molecular flexibility index (Phi) is 5.47. The van der Waals surface area contributed by atoms with Gasteiger partial charge in [-0.3, -0.25) is 0 Å². The smallest absolute Gasteiger partial charge is 0.416 e. The Morgan fingerprint density at radius 1 is 1.18 bits per heavy atom. The van der Waals surface area contributed by atoms with Crippen molar-refractivity contribution in [2.24, 2.45) is 5.73 Å². The number of carbonyl (C=O) groups is 1. The lowest BCUT2D eigenvalue weighted by molar-refractivity contribution is -0.137. The molecule has 0 atom stereocenters. The van der Waals surface area contributed by atoms with Crippen LogP contribution < -0.4 is 5.73 Å². The van der Waals surface area contributed by atoms with E-state index in [0.717, 1.165) is 24.1 Å². The summed E-state index contributed by atoms with van der Waals surface area (Å²) in [5.41, 5.74) is 8.05. The summed E-state index contributed by atoms with van der Waals surface area (Å²) < 4.78 is 39.5. The predicted molar refractivity (Wildman–Crippen MR) is 102 cm³/mol. The van der Waals surface area contributed by atoms with Crippen LogP contribution in [0.15, 0.2) is 36.4 Å². The van der Waals surface area contributed by atoms with E-state index in [4.69, 9.17) is 5.73 Å². The number of carboxylic acids is 1. The number of hydrogen-bond donors (Lipinski definition) is 3. The van der Waals surface area contributed by atoms with E-state index >= 15 is 0 Å². The maximum Gasteiger partial charge on any atom is 0.416 e. The highest BCUT2D eigenvalue weighted by Gasteiger charge is 2.31. The number of H-pyrrole nitrogens is 1. The average molecular weight is 390 g/mol. The van der Waals surface area contributed by atoms with E-state index in [0.29, 0.717) is 47.1 Å². The van der Waals surface area contributed by atoms with E-state index in [2.05, 4.69) is 4.98 Å². The standard InChI is InChI=1S/C21H21F3N2O2/c1-12-8-9-16(20(27)28)17-15(7-2-3-10-25)19(26-18(12)17)13-5-4-6-14(11-13)21(22,23)24/h4-6,8-9,11,26H,2-3,7,10,25H2,1H3,(H,27,28). The van der Waals surface area contributed by atoms with Gasteiger partial charge in [0.1, 0.15) is 0 Å². The Morgan fingerprint density at radius 3 is 2.57 bits per heavy atom. The van der Waals surface area contributed by atoms with Crippen LogP contribution in [-0.2, 0) is 12.6 Å². The van der Waals surface area contributed by atoms with Crippen molar-refractivity contribution in [2.45, 2.75) is 32.4 Å². The number of fused-ring (bicyclic) bond motifs is 1. The van der Waals surface area contributed by atoms with Crippen molar-refractivity contribution >= 4 is 16.9 Å². The maximum atomic E-state index is 13.2. The molecule has 2 aromatic carbocycles. The van der Waals surface area contributed by atoms with E-state index in [1.165, 1.54) is 12.1 Å². The van der Waals surface area contributed by atoms with Gasteiger partial charge in [0.15, 0.2) is 0 Å². The first-order valence-corrected chi connectivity index (χ1v) is 8.99. The van der Waals surface area contributed by atoms with Crippen LogP contribution in [0, 0.1) is 6.92 Å². The zero-order valence-electron chi connectivity index (χ0n) is 15.4. The molecule has 4 nitrogen and oxygen atoms in total. The first-order chi connectivity index (χ1) is 13.2. The third kappa shape index (κ3) is 3.75. The van der Waals surface area contributed by atoms with Gasteiger partial charge < -0.3 is 15.8 Å². The molecule has 3 aromatic rings. The van der Waals surface area contributed by atoms with Crippen LogP contribution >= 0.6 is 0 Å². The molecule has 0 aliphatic carbocycles. The number of aromatic amines is 1. The second kappa shape index (κ2) is 7.67. The van der Waals surface area contributed by atoms with Crippen LogP contribution in [0.1, 0.15) is 39.9 Å². The molecule has 0 radical (unpaired) electrons. The molecule has 0 fully saturated rings. The third-order valence-electron chi connectivity index (χ3n) is 4.86. The highest BCUT2D eigenvalue weighted by molar-refractivity contribution is 6.07. The molecule has 1 heterocycles. The van der Waals surface area contributed by atoms with Gasteiger partial charge in [-0.05, 0) is 67.6 Å². The number of alkyl halides is 3. The maximum absolute atomic E-state index is 13.2. The van der Waals surface area contributed by atoms with Crippen LogP contribution in [0.3, 0.4) is 0 Å². The van der Waals surface area contributed by atoms with Crippen LogP contribution in [0.25, 0.3) is 22.2 Å². The van der Waals surface area contributed by atoms with Gasteiger partial charge in [-0.15, -0.1) is 0 Å². The summed E-state index contributed by atoms with van der Waals surface area (Å²) in [6, 6.07) is 8.31. The van der Waals surface area contributed by atoms with Crippen LogP contribution in [0.5, 0.6) is 0 Å². The summed E-state index contributed by atoms with van der Waals surface area (Å²) in [5.74, 6) is -1.07. The Morgan fingerprint density at radius 2 is 1.93 bits per heavy atom. The van der Waals surface area contributed by atoms with Gasteiger partial charge in [-0.25, -0.2) is 4.79 Å². The third-order valence-corrected chi connectivity index (χ3v) is 4.86. The number of aryl methyl sites for hydroxylation is 2. The number of benzene rings is 2. The minimum absolute atomic E-state index is 0.137. The van der Waals surface area contributed by atoms with Gasteiger partial charge >= 0.3 is 12.1 Å². The SMILES string of the molecule is Cc1ccc(C(=O)O)c2c(CCCCN)c(-c3cccc(C(F)(F)F)c3)[nH]c12. The Hall–Kier alpha value is -2.80. The van der Waals surface area contributed by atoms with Crippen molar-refractivity contribution in [1.29, 1.82) is 0 Å². The topological polar surface area (TPSA) is 79.1 Å². The van der Waals surface area contributed by atoms with E-state index in [-0.39, 0.29) is 5.56 Å². The van der Waals surface area contributed by atoms with Crippen molar-refractivity contribution in [3.8, 4) is 11.3 Å². The first-order valence-electron chi connectivity index (χ1n) is 8.99. The molecule has 0 spiro atoms. The molecule has 1 aromatic heterocycles. The number of hydrogen-bond acceptors (Lipinski definition) is 2. The second-order valence-electron chi connectivity index (χ2n) is 6.79. The van der Waals surface area contributed by atoms with Crippen LogP contribution in [-0.4, -0.2) is 22.6 Å². The molecule has 0 unspecified atom stereocenters. The Labute approximate surface area is 160 Å². The van der Waals surface area contributed by atoms with E-state index in [1.54, 1.807) is 12.1 Å². The van der Waals surface area contributed by atoms with Crippen molar-refractivity contribution < 1.29 is 23.1 Å². The lowest BCUT2D eigenvalue weighted by Gasteiger charge is -2.10. The normalized spacial score (nSPS) is 11.9. The molecule has 3 rings (SSSR count). The van der Waals surface area contributed by atoms with E-state index in [1.807, 2.05) is 6.92 Å². The van der Waals surface area contributed by atoms with Gasteiger partial charge in [0.05, 0.1) is 11.1 Å². The van der Waals surface area contributed by atoms with Gasteiger partial charge in [0.2, 0.25) is 0 Å². The second-order valence-corrected chi connectivity index (χ2v) is 6.79. The van der Waals surface area contributed by atoms with E-state index in [9.17, 15) is 23.1 Å². The summed E-state index contributed by atoms with van der Waals surface area (Å²) in [5, 5.41) is 10.2. The molecular formula is C21H21F3N2O2. The van der Waals surface area contributed by atoms with Crippen molar-refractivity contribution in [1.82, 2.24) is 4.98 Å². The van der Waals surface area contributed by atoms with Gasteiger partial charge in [-0.1, -0.05) is 18.2 Å². The predicted octanol–water partition coefficient (Wildman–Crippen LogP) is 5.14.